The van der Waals surface area contributed by atoms with Gasteiger partial charge in [-0.2, -0.15) is 0 Å². The molecule has 0 aromatic heterocycles. The number of hydrogen-bond donors (Lipinski definition) is 0. The van der Waals surface area contributed by atoms with E-state index in [0.717, 1.165) is 37.6 Å². The zero-order valence-electron chi connectivity index (χ0n) is 17.4. The Morgan fingerprint density at radius 3 is 1.31 bits per heavy atom. The Morgan fingerprint density at radius 1 is 0.654 bits per heavy atom. The molecule has 2 aromatic rings. The lowest BCUT2D eigenvalue weighted by Gasteiger charge is -2.26. The molecule has 2 rings (SSSR count). The van der Waals surface area contributed by atoms with E-state index in [0.29, 0.717) is 11.8 Å². The first-order chi connectivity index (χ1) is 12.7. The highest BCUT2D eigenvalue weighted by atomic mass is 16.5. The van der Waals surface area contributed by atoms with Crippen molar-refractivity contribution in [3.8, 4) is 11.5 Å². The van der Waals surface area contributed by atoms with Crippen LogP contribution in [-0.2, 0) is 0 Å². The van der Waals surface area contributed by atoms with Gasteiger partial charge < -0.3 is 9.47 Å². The molecule has 2 heteroatoms. The molecule has 0 amide bonds. The van der Waals surface area contributed by atoms with E-state index in [1.54, 1.807) is 0 Å². The van der Waals surface area contributed by atoms with Crippen LogP contribution in [0.5, 0.6) is 11.5 Å². The summed E-state index contributed by atoms with van der Waals surface area (Å²) in [6, 6.07) is 16.4. The van der Waals surface area contributed by atoms with E-state index >= 15 is 0 Å². The van der Waals surface area contributed by atoms with E-state index in [1.165, 1.54) is 11.1 Å². The summed E-state index contributed by atoms with van der Waals surface area (Å²) in [5, 5.41) is 0. The van der Waals surface area contributed by atoms with Crippen LogP contribution in [0.25, 0.3) is 0 Å². The van der Waals surface area contributed by atoms with Crippen LogP contribution in [0.3, 0.4) is 0 Å². The van der Waals surface area contributed by atoms with Crippen LogP contribution in [0.1, 0.15) is 51.7 Å². The topological polar surface area (TPSA) is 18.5 Å². The van der Waals surface area contributed by atoms with Gasteiger partial charge in [0.2, 0.25) is 0 Å². The van der Waals surface area contributed by atoms with Crippen molar-refractivity contribution in [3.63, 3.8) is 0 Å². The molecule has 144 valence electrons. The Kier molecular flexibility index (Phi) is 10.5. The van der Waals surface area contributed by atoms with E-state index in [2.05, 4.69) is 39.8 Å². The van der Waals surface area contributed by atoms with Crippen LogP contribution in [0.15, 0.2) is 48.5 Å². The molecular formula is C24H36O2. The molecule has 0 spiro atoms. The fourth-order valence-corrected chi connectivity index (χ4v) is 3.00. The molecule has 0 heterocycles. The average Bonchev–Trinajstić information content (AvgIpc) is 2.68. The molecule has 0 aliphatic carbocycles. The summed E-state index contributed by atoms with van der Waals surface area (Å²) in [7, 11) is 0. The van der Waals surface area contributed by atoms with Crippen LogP contribution >= 0.6 is 0 Å². The van der Waals surface area contributed by atoms with Crippen molar-refractivity contribution in [1.29, 1.82) is 0 Å². The Balaban J connectivity index is 0.00000163. The average molecular weight is 357 g/mol. The summed E-state index contributed by atoms with van der Waals surface area (Å²) in [6.45, 7) is 14.2. The first-order valence-electron chi connectivity index (χ1n) is 10.0. The lowest BCUT2D eigenvalue weighted by atomic mass is 9.89. The minimum absolute atomic E-state index is 0.499. The fourth-order valence-electron chi connectivity index (χ4n) is 3.00. The maximum Gasteiger partial charge on any atom is 0.122 e. The van der Waals surface area contributed by atoms with Crippen LogP contribution in [0.2, 0.25) is 0 Å². The van der Waals surface area contributed by atoms with Crippen molar-refractivity contribution in [2.45, 2.75) is 54.4 Å². The highest BCUT2D eigenvalue weighted by Gasteiger charge is 2.20. The first-order valence-corrected chi connectivity index (χ1v) is 10.0. The molecule has 0 unspecified atom stereocenters. The van der Waals surface area contributed by atoms with Gasteiger partial charge in [0.1, 0.15) is 11.5 Å². The van der Waals surface area contributed by atoms with Gasteiger partial charge in [0.05, 0.1) is 13.2 Å². The predicted molar refractivity (Wildman–Crippen MR) is 112 cm³/mol. The second-order valence-electron chi connectivity index (χ2n) is 6.49. The number of ether oxygens (including phenoxy) is 2. The van der Waals surface area contributed by atoms with Gasteiger partial charge in [-0.1, -0.05) is 64.1 Å². The monoisotopic (exact) mass is 356 g/mol. The molecule has 0 aliphatic rings. The molecule has 2 aromatic carbocycles. The van der Waals surface area contributed by atoms with Gasteiger partial charge in [-0.3, -0.25) is 0 Å². The molecule has 2 nitrogen and oxygen atoms in total. The molecule has 0 bridgehead atoms. The normalized spacial score (nSPS) is 12.5. The van der Waals surface area contributed by atoms with Gasteiger partial charge >= 0.3 is 0 Å². The molecule has 0 fully saturated rings. The summed E-state index contributed by atoms with van der Waals surface area (Å²) in [5.74, 6) is 2.98. The Labute approximate surface area is 160 Å². The molecule has 0 N–H and O–H groups in total. The standard InChI is InChI=1S/C22H30O2.C2H6/c1-5-19(15-23-21-13-9-7-11-17(21)3)20(6-2)16-24-22-14-10-8-12-18(22)4;1-2/h7-14,19-20H,5-6,15-16H2,1-4H3;1-2H3/t19-,20-;/m0./s1. The molecule has 0 aliphatic heterocycles. The number of benzene rings is 2. The van der Waals surface area contributed by atoms with Gasteiger partial charge in [0.15, 0.2) is 0 Å². The molecule has 0 saturated carbocycles. The van der Waals surface area contributed by atoms with Gasteiger partial charge in [0.25, 0.3) is 0 Å². The third-order valence-corrected chi connectivity index (χ3v) is 4.81. The summed E-state index contributed by atoms with van der Waals surface area (Å²) in [4.78, 5) is 0. The smallest absolute Gasteiger partial charge is 0.122 e. The number of rotatable bonds is 9. The summed E-state index contributed by atoms with van der Waals surface area (Å²) in [6.07, 6.45) is 2.20. The lowest BCUT2D eigenvalue weighted by Crippen LogP contribution is -2.26. The highest BCUT2D eigenvalue weighted by Crippen LogP contribution is 2.25. The van der Waals surface area contributed by atoms with Gasteiger partial charge in [-0.05, 0) is 61.8 Å². The number of aryl methyl sites for hydroxylation is 2. The quantitative estimate of drug-likeness (QED) is 0.489. The van der Waals surface area contributed by atoms with Gasteiger partial charge in [-0.15, -0.1) is 0 Å². The van der Waals surface area contributed by atoms with Crippen molar-refractivity contribution >= 4 is 0 Å². The van der Waals surface area contributed by atoms with Crippen molar-refractivity contribution in [1.82, 2.24) is 0 Å². The summed E-state index contributed by atoms with van der Waals surface area (Å²) >= 11 is 0. The summed E-state index contributed by atoms with van der Waals surface area (Å²) < 4.78 is 12.2. The zero-order valence-corrected chi connectivity index (χ0v) is 17.4. The summed E-state index contributed by atoms with van der Waals surface area (Å²) in [5.41, 5.74) is 2.38. The lowest BCUT2D eigenvalue weighted by molar-refractivity contribution is 0.134. The molecular weight excluding hydrogens is 320 g/mol. The second-order valence-corrected chi connectivity index (χ2v) is 6.49. The van der Waals surface area contributed by atoms with E-state index in [-0.39, 0.29) is 0 Å². The predicted octanol–water partition coefficient (Wildman–Crippen LogP) is 6.84. The van der Waals surface area contributed by atoms with Crippen LogP contribution in [0, 0.1) is 25.7 Å². The maximum atomic E-state index is 6.09. The second kappa shape index (κ2) is 12.4. The Bertz CT molecular complexity index is 566. The minimum Gasteiger partial charge on any atom is -0.493 e. The third kappa shape index (κ3) is 6.74. The first kappa shape index (κ1) is 22.1. The number of para-hydroxylation sites is 2. The molecule has 0 saturated heterocycles. The fraction of sp³-hybridized carbons (Fsp3) is 0.500. The van der Waals surface area contributed by atoms with Crippen molar-refractivity contribution in [3.05, 3.63) is 59.7 Å². The molecule has 0 radical (unpaired) electrons. The molecule has 2 atom stereocenters. The van der Waals surface area contributed by atoms with Crippen molar-refractivity contribution in [2.75, 3.05) is 13.2 Å². The number of hydrogen-bond acceptors (Lipinski definition) is 2. The van der Waals surface area contributed by atoms with E-state index in [4.69, 9.17) is 9.47 Å². The van der Waals surface area contributed by atoms with E-state index in [1.807, 2.05) is 50.2 Å². The molecule has 26 heavy (non-hydrogen) atoms. The Morgan fingerprint density at radius 2 is 1.00 bits per heavy atom. The maximum absolute atomic E-state index is 6.09. The Hall–Kier alpha value is -1.96. The SMILES string of the molecule is CC.CC[C@@H](COc1ccccc1C)[C@@H](CC)COc1ccccc1C. The van der Waals surface area contributed by atoms with E-state index in [9.17, 15) is 0 Å². The largest absolute Gasteiger partial charge is 0.493 e. The van der Waals surface area contributed by atoms with Crippen LogP contribution in [0.4, 0.5) is 0 Å². The zero-order chi connectivity index (χ0) is 19.4. The van der Waals surface area contributed by atoms with Crippen molar-refractivity contribution in [2.24, 2.45) is 11.8 Å². The van der Waals surface area contributed by atoms with Gasteiger partial charge in [0, 0.05) is 0 Å². The van der Waals surface area contributed by atoms with E-state index < -0.39 is 0 Å². The van der Waals surface area contributed by atoms with Crippen molar-refractivity contribution < 1.29 is 9.47 Å². The third-order valence-electron chi connectivity index (χ3n) is 4.81. The van der Waals surface area contributed by atoms with Crippen LogP contribution in [-0.4, -0.2) is 13.2 Å². The van der Waals surface area contributed by atoms with Gasteiger partial charge in [-0.25, -0.2) is 0 Å². The van der Waals surface area contributed by atoms with Crippen LogP contribution < -0.4 is 9.47 Å². The minimum atomic E-state index is 0.499. The highest BCUT2D eigenvalue weighted by molar-refractivity contribution is 5.32.